The summed E-state index contributed by atoms with van der Waals surface area (Å²) in [7, 11) is -2.32. The lowest BCUT2D eigenvalue weighted by atomic mass is 10.1. The molecule has 0 saturated heterocycles. The van der Waals surface area contributed by atoms with Crippen LogP contribution < -0.4 is 10.0 Å². The van der Waals surface area contributed by atoms with Crippen LogP contribution in [0.5, 0.6) is 0 Å². The molecule has 0 fully saturated rings. The molecule has 0 aliphatic heterocycles. The summed E-state index contributed by atoms with van der Waals surface area (Å²) in [5.41, 5.74) is 2.21. The molecule has 1 amide bonds. The Morgan fingerprint density at radius 1 is 1.00 bits per heavy atom. The monoisotopic (exact) mass is 390 g/mol. The Kier molecular flexibility index (Phi) is 7.09. The molecule has 7 nitrogen and oxygen atoms in total. The topological polar surface area (TPSA) is 102 Å². The summed E-state index contributed by atoms with van der Waals surface area (Å²) in [4.78, 5) is 23.4. The molecule has 0 aliphatic rings. The van der Waals surface area contributed by atoms with Crippen molar-refractivity contribution >= 4 is 21.9 Å². The molecule has 8 heteroatoms. The third-order valence-corrected chi connectivity index (χ3v) is 5.32. The van der Waals surface area contributed by atoms with Gasteiger partial charge in [0.2, 0.25) is 15.9 Å². The first-order chi connectivity index (χ1) is 12.8. The average molecular weight is 390 g/mol. The van der Waals surface area contributed by atoms with Gasteiger partial charge < -0.3 is 10.1 Å². The minimum absolute atomic E-state index is 0.00330. The summed E-state index contributed by atoms with van der Waals surface area (Å²) in [5.74, 6) is -0.704. The van der Waals surface area contributed by atoms with Crippen molar-refractivity contribution in [1.29, 1.82) is 0 Å². The summed E-state index contributed by atoms with van der Waals surface area (Å²) in [6.07, 6.45) is 0.0192. The first-order valence-electron chi connectivity index (χ1n) is 8.32. The average Bonchev–Trinajstić information content (AvgIpc) is 2.66. The molecule has 0 radical (unpaired) electrons. The van der Waals surface area contributed by atoms with Crippen molar-refractivity contribution in [2.75, 3.05) is 13.7 Å². The molecule has 2 N–H and O–H groups in total. The SMILES string of the molecule is COC(=O)c1ccc(CNC(=O)CCNS(=O)(=O)c2ccc(C)cc2)cc1. The van der Waals surface area contributed by atoms with Crippen molar-refractivity contribution in [1.82, 2.24) is 10.0 Å². The maximum atomic E-state index is 12.1. The zero-order chi connectivity index (χ0) is 19.9. The summed E-state index contributed by atoms with van der Waals surface area (Å²) in [6.45, 7) is 2.16. The molecule has 27 heavy (non-hydrogen) atoms. The lowest BCUT2D eigenvalue weighted by molar-refractivity contribution is -0.121. The highest BCUT2D eigenvalue weighted by atomic mass is 32.2. The van der Waals surface area contributed by atoms with Gasteiger partial charge in [0.25, 0.3) is 0 Å². The molecule has 0 aliphatic carbocycles. The molecule has 2 rings (SSSR count). The number of nitrogens with one attached hydrogen (secondary N) is 2. The van der Waals surface area contributed by atoms with E-state index in [4.69, 9.17) is 0 Å². The van der Waals surface area contributed by atoms with E-state index < -0.39 is 16.0 Å². The number of hydrogen-bond acceptors (Lipinski definition) is 5. The van der Waals surface area contributed by atoms with E-state index in [-0.39, 0.29) is 30.3 Å². The number of ether oxygens (including phenoxy) is 1. The van der Waals surface area contributed by atoms with Gasteiger partial charge in [-0.25, -0.2) is 17.9 Å². The predicted molar refractivity (Wildman–Crippen MR) is 101 cm³/mol. The Hall–Kier alpha value is -2.71. The van der Waals surface area contributed by atoms with E-state index in [1.54, 1.807) is 36.4 Å². The zero-order valence-electron chi connectivity index (χ0n) is 15.2. The maximum absolute atomic E-state index is 12.1. The number of hydrogen-bond donors (Lipinski definition) is 2. The number of rotatable bonds is 8. The van der Waals surface area contributed by atoms with Crippen molar-refractivity contribution in [2.45, 2.75) is 24.8 Å². The van der Waals surface area contributed by atoms with Crippen LogP contribution in [0.4, 0.5) is 0 Å². The molecule has 144 valence electrons. The van der Waals surface area contributed by atoms with Gasteiger partial charge in [-0.3, -0.25) is 4.79 Å². The van der Waals surface area contributed by atoms with Crippen LogP contribution in [0, 0.1) is 6.92 Å². The molecular formula is C19H22N2O5S. The second-order valence-electron chi connectivity index (χ2n) is 5.93. The maximum Gasteiger partial charge on any atom is 0.337 e. The molecule has 0 spiro atoms. The van der Waals surface area contributed by atoms with E-state index in [0.29, 0.717) is 5.56 Å². The standard InChI is InChI=1S/C19H22N2O5S/c1-14-3-9-17(10-4-14)27(24,25)21-12-11-18(22)20-13-15-5-7-16(8-6-15)19(23)26-2/h3-10,21H,11-13H2,1-2H3,(H,20,22). The number of methoxy groups -OCH3 is 1. The predicted octanol–water partition coefficient (Wildman–Crippen LogP) is 1.77. The van der Waals surface area contributed by atoms with Crippen molar-refractivity contribution in [2.24, 2.45) is 0 Å². The third-order valence-electron chi connectivity index (χ3n) is 3.84. The van der Waals surface area contributed by atoms with Gasteiger partial charge in [0.15, 0.2) is 0 Å². The van der Waals surface area contributed by atoms with Crippen LogP contribution in [0.25, 0.3) is 0 Å². The fourth-order valence-corrected chi connectivity index (χ4v) is 3.30. The highest BCUT2D eigenvalue weighted by Gasteiger charge is 2.13. The highest BCUT2D eigenvalue weighted by Crippen LogP contribution is 2.09. The van der Waals surface area contributed by atoms with E-state index in [2.05, 4.69) is 14.8 Å². The van der Waals surface area contributed by atoms with Gasteiger partial charge in [-0.1, -0.05) is 29.8 Å². The largest absolute Gasteiger partial charge is 0.465 e. The second-order valence-corrected chi connectivity index (χ2v) is 7.69. The lowest BCUT2D eigenvalue weighted by Crippen LogP contribution is -2.30. The van der Waals surface area contributed by atoms with Crippen LogP contribution in [0.1, 0.15) is 27.9 Å². The quantitative estimate of drug-likeness (QED) is 0.669. The normalized spacial score (nSPS) is 11.0. The minimum atomic E-state index is -3.63. The van der Waals surface area contributed by atoms with Crippen LogP contribution in [0.2, 0.25) is 0 Å². The Labute approximate surface area is 158 Å². The van der Waals surface area contributed by atoms with Gasteiger partial charge in [0.1, 0.15) is 0 Å². The van der Waals surface area contributed by atoms with Gasteiger partial charge in [-0.05, 0) is 36.8 Å². The summed E-state index contributed by atoms with van der Waals surface area (Å²) < 4.78 is 31.3. The summed E-state index contributed by atoms with van der Waals surface area (Å²) in [6, 6.07) is 13.1. The first-order valence-corrected chi connectivity index (χ1v) is 9.80. The van der Waals surface area contributed by atoms with Crippen molar-refractivity contribution in [3.63, 3.8) is 0 Å². The van der Waals surface area contributed by atoms with Gasteiger partial charge in [0, 0.05) is 19.5 Å². The zero-order valence-corrected chi connectivity index (χ0v) is 16.0. The Balaban J connectivity index is 1.77. The van der Waals surface area contributed by atoms with Crippen LogP contribution in [0.3, 0.4) is 0 Å². The molecule has 0 bridgehead atoms. The molecule has 0 aromatic heterocycles. The fraction of sp³-hybridized carbons (Fsp3) is 0.263. The number of amides is 1. The van der Waals surface area contributed by atoms with Gasteiger partial charge in [-0.15, -0.1) is 0 Å². The molecule has 0 saturated carbocycles. The van der Waals surface area contributed by atoms with Gasteiger partial charge in [-0.2, -0.15) is 0 Å². The number of sulfonamides is 1. The fourth-order valence-electron chi connectivity index (χ4n) is 2.27. The van der Waals surface area contributed by atoms with Gasteiger partial charge in [0.05, 0.1) is 17.6 Å². The summed E-state index contributed by atoms with van der Waals surface area (Å²) in [5, 5.41) is 2.71. The molecule has 2 aromatic rings. The van der Waals surface area contributed by atoms with E-state index in [1.807, 2.05) is 6.92 Å². The van der Waals surface area contributed by atoms with Crippen LogP contribution in [0.15, 0.2) is 53.4 Å². The van der Waals surface area contributed by atoms with Crippen molar-refractivity contribution in [3.8, 4) is 0 Å². The van der Waals surface area contributed by atoms with E-state index in [9.17, 15) is 18.0 Å². The first kappa shape index (κ1) is 20.6. The second kappa shape index (κ2) is 9.29. The molecular weight excluding hydrogens is 368 g/mol. The smallest absolute Gasteiger partial charge is 0.337 e. The Bertz CT molecular complexity index is 891. The molecule has 0 heterocycles. The lowest BCUT2D eigenvalue weighted by Gasteiger charge is -2.08. The van der Waals surface area contributed by atoms with Crippen LogP contribution in [-0.2, 0) is 26.1 Å². The highest BCUT2D eigenvalue weighted by molar-refractivity contribution is 7.89. The van der Waals surface area contributed by atoms with Crippen molar-refractivity contribution < 1.29 is 22.7 Å². The van der Waals surface area contributed by atoms with E-state index >= 15 is 0 Å². The molecule has 0 unspecified atom stereocenters. The van der Waals surface area contributed by atoms with Crippen LogP contribution in [-0.4, -0.2) is 33.9 Å². The van der Waals surface area contributed by atoms with Gasteiger partial charge >= 0.3 is 5.97 Å². The number of carbonyl (C=O) groups is 2. The van der Waals surface area contributed by atoms with E-state index in [0.717, 1.165) is 11.1 Å². The number of carbonyl (C=O) groups excluding carboxylic acids is 2. The number of aryl methyl sites for hydroxylation is 1. The summed E-state index contributed by atoms with van der Waals surface area (Å²) >= 11 is 0. The molecule has 2 aromatic carbocycles. The minimum Gasteiger partial charge on any atom is -0.465 e. The van der Waals surface area contributed by atoms with E-state index in [1.165, 1.54) is 19.2 Å². The number of benzene rings is 2. The molecule has 0 atom stereocenters. The Morgan fingerprint density at radius 3 is 2.22 bits per heavy atom. The Morgan fingerprint density at radius 2 is 1.63 bits per heavy atom. The van der Waals surface area contributed by atoms with Crippen LogP contribution >= 0.6 is 0 Å². The third kappa shape index (κ3) is 6.19. The van der Waals surface area contributed by atoms with Crippen molar-refractivity contribution in [3.05, 3.63) is 65.2 Å². The number of esters is 1.